The van der Waals surface area contributed by atoms with Gasteiger partial charge >= 0.3 is 0 Å². The number of amidine groups is 1. The Bertz CT molecular complexity index is 409. The molecule has 0 saturated carbocycles. The molecule has 1 aliphatic rings. The molecule has 0 aromatic heterocycles. The quantitative estimate of drug-likeness (QED) is 0.802. The van der Waals surface area contributed by atoms with E-state index in [-0.39, 0.29) is 10.7 Å². The van der Waals surface area contributed by atoms with E-state index in [9.17, 15) is 8.78 Å². The zero-order valence-electron chi connectivity index (χ0n) is 8.56. The van der Waals surface area contributed by atoms with E-state index in [4.69, 9.17) is 11.6 Å². The third-order valence-electron chi connectivity index (χ3n) is 2.40. The van der Waals surface area contributed by atoms with Gasteiger partial charge in [0.15, 0.2) is 5.82 Å². The Balaban J connectivity index is 2.24. The topological polar surface area (TPSA) is 24.4 Å². The second-order valence-corrected chi connectivity index (χ2v) is 4.06. The Morgan fingerprint density at radius 1 is 1.25 bits per heavy atom. The number of nitrogens with zero attached hydrogens (tertiary/aromatic N) is 1. The van der Waals surface area contributed by atoms with E-state index in [1.807, 2.05) is 0 Å². The number of halogens is 3. The molecule has 0 aliphatic carbocycles. The Morgan fingerprint density at radius 3 is 2.69 bits per heavy atom. The van der Waals surface area contributed by atoms with E-state index in [0.29, 0.717) is 5.84 Å². The smallest absolute Gasteiger partial charge is 0.151 e. The summed E-state index contributed by atoms with van der Waals surface area (Å²) in [6, 6.07) is 1.88. The first-order valence-electron chi connectivity index (χ1n) is 5.12. The van der Waals surface area contributed by atoms with Crippen LogP contribution in [0.25, 0.3) is 0 Å². The molecule has 1 N–H and O–H groups in total. The summed E-state index contributed by atoms with van der Waals surface area (Å²) in [5, 5.41) is 2.85. The number of hydrogen-bond acceptors (Lipinski definition) is 2. The summed E-state index contributed by atoms with van der Waals surface area (Å²) in [5.41, 5.74) is 0.101. The number of aliphatic imine (C=N–C) groups is 1. The van der Waals surface area contributed by atoms with Crippen molar-refractivity contribution in [3.63, 3.8) is 0 Å². The molecule has 1 heterocycles. The second kappa shape index (κ2) is 4.78. The largest absolute Gasteiger partial charge is 0.340 e. The zero-order chi connectivity index (χ0) is 11.5. The molecule has 0 atom stereocenters. The normalized spacial score (nSPS) is 15.8. The van der Waals surface area contributed by atoms with E-state index in [1.54, 1.807) is 0 Å². The van der Waals surface area contributed by atoms with Gasteiger partial charge in [-0.05, 0) is 18.9 Å². The predicted molar refractivity (Wildman–Crippen MR) is 61.1 cm³/mol. The number of rotatable bonds is 1. The van der Waals surface area contributed by atoms with Gasteiger partial charge in [0.2, 0.25) is 0 Å². The highest BCUT2D eigenvalue weighted by Crippen LogP contribution is 2.27. The molecule has 0 bridgehead atoms. The van der Waals surface area contributed by atoms with Crippen LogP contribution in [0.3, 0.4) is 0 Å². The summed E-state index contributed by atoms with van der Waals surface area (Å²) in [5.74, 6) is -0.671. The lowest BCUT2D eigenvalue weighted by Crippen LogP contribution is -2.17. The van der Waals surface area contributed by atoms with Gasteiger partial charge in [0.1, 0.15) is 11.7 Å². The standard InChI is InChI=1S/C11H11ClF2N2/c12-8-5-7(13)6-9(14)11(8)16-10-3-1-2-4-15-10/h5-6H,1-4H2,(H,15,16). The van der Waals surface area contributed by atoms with Crippen LogP contribution in [0.1, 0.15) is 19.3 Å². The van der Waals surface area contributed by atoms with Gasteiger partial charge in [0.05, 0.1) is 10.7 Å². The molecular weight excluding hydrogens is 234 g/mol. The molecule has 86 valence electrons. The molecule has 0 unspecified atom stereocenters. The fourth-order valence-electron chi connectivity index (χ4n) is 1.61. The van der Waals surface area contributed by atoms with Crippen LogP contribution < -0.4 is 5.32 Å². The van der Waals surface area contributed by atoms with Crippen molar-refractivity contribution in [1.82, 2.24) is 0 Å². The summed E-state index contributed by atoms with van der Waals surface area (Å²) >= 11 is 5.76. The second-order valence-electron chi connectivity index (χ2n) is 3.65. The van der Waals surface area contributed by atoms with E-state index in [2.05, 4.69) is 10.3 Å². The van der Waals surface area contributed by atoms with Gasteiger partial charge < -0.3 is 5.32 Å². The Hall–Kier alpha value is -1.16. The van der Waals surface area contributed by atoms with E-state index >= 15 is 0 Å². The van der Waals surface area contributed by atoms with E-state index in [0.717, 1.165) is 37.9 Å². The monoisotopic (exact) mass is 244 g/mol. The first-order valence-corrected chi connectivity index (χ1v) is 5.49. The fourth-order valence-corrected chi connectivity index (χ4v) is 1.85. The molecule has 16 heavy (non-hydrogen) atoms. The Labute approximate surface area is 97.3 Å². The summed E-state index contributed by atoms with van der Waals surface area (Å²) < 4.78 is 26.2. The van der Waals surface area contributed by atoms with Crippen molar-refractivity contribution in [1.29, 1.82) is 0 Å². The highest BCUT2D eigenvalue weighted by atomic mass is 35.5. The molecule has 0 saturated heterocycles. The molecule has 2 rings (SSSR count). The van der Waals surface area contributed by atoms with Crippen LogP contribution in [0, 0.1) is 11.6 Å². The van der Waals surface area contributed by atoms with Gasteiger partial charge in [0, 0.05) is 19.0 Å². The average Bonchev–Trinajstić information content (AvgIpc) is 2.25. The maximum atomic E-state index is 13.4. The van der Waals surface area contributed by atoms with Crippen molar-refractivity contribution in [2.75, 3.05) is 11.9 Å². The van der Waals surface area contributed by atoms with Crippen molar-refractivity contribution in [2.45, 2.75) is 19.3 Å². The van der Waals surface area contributed by atoms with Gasteiger partial charge in [-0.1, -0.05) is 11.6 Å². The highest BCUT2D eigenvalue weighted by molar-refractivity contribution is 6.33. The minimum absolute atomic E-state index is 0.0331. The van der Waals surface area contributed by atoms with Crippen LogP contribution in [0.2, 0.25) is 5.02 Å². The summed E-state index contributed by atoms with van der Waals surface area (Å²) in [6.45, 7) is 0.739. The molecule has 1 aromatic carbocycles. The van der Waals surface area contributed by atoms with Crippen LogP contribution in [-0.4, -0.2) is 12.4 Å². The van der Waals surface area contributed by atoms with Crippen molar-refractivity contribution in [3.8, 4) is 0 Å². The van der Waals surface area contributed by atoms with Gasteiger partial charge in [-0.2, -0.15) is 0 Å². The van der Waals surface area contributed by atoms with Crippen molar-refractivity contribution < 1.29 is 8.78 Å². The lowest BCUT2D eigenvalue weighted by Gasteiger charge is -2.15. The van der Waals surface area contributed by atoms with Gasteiger partial charge in [-0.25, -0.2) is 8.78 Å². The van der Waals surface area contributed by atoms with Crippen molar-refractivity contribution in [2.24, 2.45) is 4.99 Å². The van der Waals surface area contributed by atoms with Crippen molar-refractivity contribution >= 4 is 23.1 Å². The maximum absolute atomic E-state index is 13.4. The third-order valence-corrected chi connectivity index (χ3v) is 2.70. The van der Waals surface area contributed by atoms with E-state index < -0.39 is 11.6 Å². The molecule has 0 fully saturated rings. The summed E-state index contributed by atoms with van der Waals surface area (Å²) in [7, 11) is 0. The third kappa shape index (κ3) is 2.50. The fraction of sp³-hybridized carbons (Fsp3) is 0.364. The van der Waals surface area contributed by atoms with Crippen molar-refractivity contribution in [3.05, 3.63) is 28.8 Å². The Kier molecular flexibility index (Phi) is 3.39. The highest BCUT2D eigenvalue weighted by Gasteiger charge is 2.13. The van der Waals surface area contributed by atoms with Crippen LogP contribution in [0.5, 0.6) is 0 Å². The number of anilines is 1. The summed E-state index contributed by atoms with van der Waals surface area (Å²) in [6.07, 6.45) is 2.84. The van der Waals surface area contributed by atoms with Crippen LogP contribution in [-0.2, 0) is 0 Å². The molecule has 0 amide bonds. The van der Waals surface area contributed by atoms with Crippen LogP contribution in [0.15, 0.2) is 17.1 Å². The number of benzene rings is 1. The van der Waals surface area contributed by atoms with Gasteiger partial charge in [0.25, 0.3) is 0 Å². The Morgan fingerprint density at radius 2 is 2.06 bits per heavy atom. The lowest BCUT2D eigenvalue weighted by molar-refractivity contribution is 0.586. The first-order chi connectivity index (χ1) is 7.66. The molecule has 5 heteroatoms. The first kappa shape index (κ1) is 11.3. The van der Waals surface area contributed by atoms with Gasteiger partial charge in [-0.3, -0.25) is 4.99 Å². The number of nitrogens with one attached hydrogen (secondary N) is 1. The van der Waals surface area contributed by atoms with E-state index in [1.165, 1.54) is 0 Å². The summed E-state index contributed by atoms with van der Waals surface area (Å²) in [4.78, 5) is 4.22. The molecule has 0 spiro atoms. The molecule has 1 aliphatic heterocycles. The minimum Gasteiger partial charge on any atom is -0.340 e. The molecule has 0 radical (unpaired) electrons. The zero-order valence-corrected chi connectivity index (χ0v) is 9.32. The van der Waals surface area contributed by atoms with Crippen LogP contribution >= 0.6 is 11.6 Å². The van der Waals surface area contributed by atoms with Gasteiger partial charge in [-0.15, -0.1) is 0 Å². The SMILES string of the molecule is Fc1cc(F)c(NC2=NCCCC2)c(Cl)c1. The average molecular weight is 245 g/mol. The maximum Gasteiger partial charge on any atom is 0.151 e. The molecule has 1 aromatic rings. The molecular formula is C11H11ClF2N2. The number of hydrogen-bond donors (Lipinski definition) is 1. The van der Waals surface area contributed by atoms with Crippen LogP contribution in [0.4, 0.5) is 14.5 Å². The lowest BCUT2D eigenvalue weighted by atomic mass is 10.1. The molecule has 2 nitrogen and oxygen atoms in total. The predicted octanol–water partition coefficient (Wildman–Crippen LogP) is 3.61. The minimum atomic E-state index is -0.696.